The third-order valence-electron chi connectivity index (χ3n) is 3.90. The lowest BCUT2D eigenvalue weighted by Gasteiger charge is -2.34. The van der Waals surface area contributed by atoms with Crippen molar-refractivity contribution in [3.05, 3.63) is 43.0 Å². The number of amides is 1. The molecule has 7 heteroatoms. The number of aryl methyl sites for hydroxylation is 1. The van der Waals surface area contributed by atoms with Gasteiger partial charge in [-0.25, -0.2) is 4.98 Å². The normalized spacial score (nSPS) is 16.5. The number of fused-ring (bicyclic) bond motifs is 1. The summed E-state index contributed by atoms with van der Waals surface area (Å²) in [6.07, 6.45) is 5.18. The van der Waals surface area contributed by atoms with Crippen LogP contribution < -0.4 is 9.64 Å². The van der Waals surface area contributed by atoms with Gasteiger partial charge in [0.1, 0.15) is 5.75 Å². The van der Waals surface area contributed by atoms with Crippen LogP contribution in [0.1, 0.15) is 12.8 Å². The first-order valence-electron chi connectivity index (χ1n) is 7.78. The van der Waals surface area contributed by atoms with Crippen LogP contribution in [0.3, 0.4) is 0 Å². The molecule has 0 saturated carbocycles. The molecular formula is C17H19N3O4. The summed E-state index contributed by atoms with van der Waals surface area (Å²) in [6, 6.07) is 7.35. The van der Waals surface area contributed by atoms with Crippen LogP contribution >= 0.6 is 0 Å². The Bertz CT molecular complexity index is 714. The molecular weight excluding hydrogens is 310 g/mol. The van der Waals surface area contributed by atoms with Gasteiger partial charge in [0.05, 0.1) is 25.5 Å². The van der Waals surface area contributed by atoms with Crippen LogP contribution in [-0.4, -0.2) is 41.2 Å². The Morgan fingerprint density at radius 1 is 1.33 bits per heavy atom. The molecule has 0 bridgehead atoms. The summed E-state index contributed by atoms with van der Waals surface area (Å²) >= 11 is 0. The zero-order chi connectivity index (χ0) is 16.9. The van der Waals surface area contributed by atoms with Gasteiger partial charge in [0.25, 0.3) is 5.91 Å². The topological polar surface area (TPSA) is 73.7 Å². The predicted octanol–water partition coefficient (Wildman–Crippen LogP) is 1.63. The number of para-hydroxylation sites is 2. The summed E-state index contributed by atoms with van der Waals surface area (Å²) in [5, 5.41) is 0. The maximum atomic E-state index is 12.7. The number of benzene rings is 1. The van der Waals surface area contributed by atoms with E-state index in [4.69, 9.17) is 4.74 Å². The Hall–Kier alpha value is -2.83. The minimum atomic E-state index is -0.847. The summed E-state index contributed by atoms with van der Waals surface area (Å²) in [5.41, 5.74) is 0.731. The summed E-state index contributed by atoms with van der Waals surface area (Å²) in [4.78, 5) is 29.9. The van der Waals surface area contributed by atoms with Gasteiger partial charge in [0, 0.05) is 25.5 Å². The molecule has 3 rings (SSSR count). The monoisotopic (exact) mass is 329 g/mol. The maximum absolute atomic E-state index is 12.7. The molecule has 0 fully saturated rings. The molecule has 1 aliphatic rings. The van der Waals surface area contributed by atoms with Crippen molar-refractivity contribution in [3.63, 3.8) is 0 Å². The van der Waals surface area contributed by atoms with Gasteiger partial charge in [-0.15, -0.1) is 0 Å². The van der Waals surface area contributed by atoms with Crippen molar-refractivity contribution in [1.82, 2.24) is 9.55 Å². The first kappa shape index (κ1) is 16.0. The lowest BCUT2D eigenvalue weighted by molar-refractivity contribution is -0.145. The van der Waals surface area contributed by atoms with Crippen LogP contribution in [-0.2, 0) is 20.9 Å². The highest BCUT2D eigenvalue weighted by atomic mass is 16.5. The van der Waals surface area contributed by atoms with Gasteiger partial charge >= 0.3 is 5.97 Å². The van der Waals surface area contributed by atoms with Crippen molar-refractivity contribution in [2.75, 3.05) is 18.6 Å². The van der Waals surface area contributed by atoms with E-state index in [1.54, 1.807) is 23.5 Å². The van der Waals surface area contributed by atoms with Crippen molar-refractivity contribution in [3.8, 4) is 5.75 Å². The molecule has 7 nitrogen and oxygen atoms in total. The Morgan fingerprint density at radius 2 is 2.17 bits per heavy atom. The van der Waals surface area contributed by atoms with Gasteiger partial charge in [-0.05, 0) is 18.6 Å². The average molecular weight is 329 g/mol. The molecule has 1 aliphatic heterocycles. The molecule has 2 heterocycles. The molecule has 1 aromatic heterocycles. The number of carbonyl (C=O) groups is 2. The second-order valence-electron chi connectivity index (χ2n) is 5.50. The van der Waals surface area contributed by atoms with Gasteiger partial charge in [-0.2, -0.15) is 0 Å². The van der Waals surface area contributed by atoms with E-state index < -0.39 is 12.1 Å². The molecule has 1 aromatic carbocycles. The van der Waals surface area contributed by atoms with Crippen LogP contribution in [0.4, 0.5) is 5.69 Å². The molecule has 126 valence electrons. The maximum Gasteiger partial charge on any atom is 0.309 e. The first-order chi connectivity index (χ1) is 11.7. The third-order valence-corrected chi connectivity index (χ3v) is 3.90. The predicted molar refractivity (Wildman–Crippen MR) is 86.7 cm³/mol. The number of hydrogen-bond acceptors (Lipinski definition) is 5. The zero-order valence-electron chi connectivity index (χ0n) is 13.4. The van der Waals surface area contributed by atoms with E-state index in [1.165, 1.54) is 7.11 Å². The quantitative estimate of drug-likeness (QED) is 0.753. The van der Waals surface area contributed by atoms with E-state index in [9.17, 15) is 9.59 Å². The van der Waals surface area contributed by atoms with Gasteiger partial charge in [0.2, 0.25) is 0 Å². The molecule has 1 unspecified atom stereocenters. The SMILES string of the molecule is COC(=O)CC1Oc2ccccc2N(CCCn2ccnc2)C1=O. The number of nitrogens with zero attached hydrogens (tertiary/aromatic N) is 3. The van der Waals surface area contributed by atoms with Crippen LogP contribution in [0.15, 0.2) is 43.0 Å². The summed E-state index contributed by atoms with van der Waals surface area (Å²) in [6.45, 7) is 1.30. The van der Waals surface area contributed by atoms with Gasteiger partial charge in [-0.3, -0.25) is 9.59 Å². The Kier molecular flexibility index (Phi) is 4.79. The molecule has 1 atom stereocenters. The number of anilines is 1. The lowest BCUT2D eigenvalue weighted by Crippen LogP contribution is -2.47. The number of esters is 1. The Balaban J connectivity index is 1.74. The van der Waals surface area contributed by atoms with Crippen LogP contribution in [0.25, 0.3) is 0 Å². The van der Waals surface area contributed by atoms with Crippen molar-refractivity contribution >= 4 is 17.6 Å². The summed E-state index contributed by atoms with van der Waals surface area (Å²) < 4.78 is 12.3. The van der Waals surface area contributed by atoms with E-state index in [0.717, 1.165) is 18.7 Å². The first-order valence-corrected chi connectivity index (χ1v) is 7.78. The van der Waals surface area contributed by atoms with E-state index in [-0.39, 0.29) is 12.3 Å². The van der Waals surface area contributed by atoms with Crippen molar-refractivity contribution in [2.45, 2.75) is 25.5 Å². The minimum absolute atomic E-state index is 0.0955. The minimum Gasteiger partial charge on any atom is -0.478 e. The number of aromatic nitrogens is 2. The highest BCUT2D eigenvalue weighted by Crippen LogP contribution is 2.34. The number of hydrogen-bond donors (Lipinski definition) is 0. The van der Waals surface area contributed by atoms with Gasteiger partial charge in [0.15, 0.2) is 6.10 Å². The van der Waals surface area contributed by atoms with E-state index in [0.29, 0.717) is 12.3 Å². The number of rotatable bonds is 6. The van der Waals surface area contributed by atoms with Crippen LogP contribution in [0, 0.1) is 0 Å². The number of imidazole rings is 1. The molecule has 2 aromatic rings. The van der Waals surface area contributed by atoms with Crippen LogP contribution in [0.2, 0.25) is 0 Å². The van der Waals surface area contributed by atoms with E-state index >= 15 is 0 Å². The fourth-order valence-electron chi connectivity index (χ4n) is 2.70. The van der Waals surface area contributed by atoms with Crippen molar-refractivity contribution in [2.24, 2.45) is 0 Å². The smallest absolute Gasteiger partial charge is 0.309 e. The molecule has 0 radical (unpaired) electrons. The molecule has 0 aliphatic carbocycles. The van der Waals surface area contributed by atoms with Gasteiger partial charge in [-0.1, -0.05) is 12.1 Å². The second kappa shape index (κ2) is 7.16. The molecule has 1 amide bonds. The fourth-order valence-corrected chi connectivity index (χ4v) is 2.70. The zero-order valence-corrected chi connectivity index (χ0v) is 13.4. The largest absolute Gasteiger partial charge is 0.478 e. The molecule has 24 heavy (non-hydrogen) atoms. The highest BCUT2D eigenvalue weighted by molar-refractivity contribution is 6.01. The number of methoxy groups -OCH3 is 1. The fraction of sp³-hybridized carbons (Fsp3) is 0.353. The number of ether oxygens (including phenoxy) is 2. The average Bonchev–Trinajstić information content (AvgIpc) is 3.11. The van der Waals surface area contributed by atoms with Gasteiger partial charge < -0.3 is 18.9 Å². The van der Waals surface area contributed by atoms with Crippen LogP contribution in [0.5, 0.6) is 5.75 Å². The summed E-state index contributed by atoms with van der Waals surface area (Å²) in [7, 11) is 1.30. The molecule has 0 N–H and O–H groups in total. The van der Waals surface area contributed by atoms with E-state index in [2.05, 4.69) is 9.72 Å². The van der Waals surface area contributed by atoms with Crippen molar-refractivity contribution < 1.29 is 19.1 Å². The Labute approximate surface area is 139 Å². The Morgan fingerprint density at radius 3 is 2.92 bits per heavy atom. The molecule has 0 spiro atoms. The summed E-state index contributed by atoms with van der Waals surface area (Å²) in [5.74, 6) is -0.0792. The second-order valence-corrected chi connectivity index (χ2v) is 5.50. The number of carbonyl (C=O) groups excluding carboxylic acids is 2. The standard InChI is InChI=1S/C17H19N3O4/c1-23-16(21)11-15-17(22)20(9-4-8-19-10-7-18-12-19)13-5-2-3-6-14(13)24-15/h2-3,5-7,10,12,15H,4,8-9,11H2,1H3. The molecule has 0 saturated heterocycles. The lowest BCUT2D eigenvalue weighted by atomic mass is 10.1. The third kappa shape index (κ3) is 3.40. The van der Waals surface area contributed by atoms with Crippen molar-refractivity contribution in [1.29, 1.82) is 0 Å². The highest BCUT2D eigenvalue weighted by Gasteiger charge is 2.35. The van der Waals surface area contributed by atoms with E-state index in [1.807, 2.05) is 29.0 Å².